The number of ether oxygens (including phenoxy) is 2. The number of amides is 1. The van der Waals surface area contributed by atoms with E-state index in [9.17, 15) is 13.6 Å². The predicted molar refractivity (Wildman–Crippen MR) is 146 cm³/mol. The van der Waals surface area contributed by atoms with Crippen molar-refractivity contribution in [1.82, 2.24) is 24.1 Å². The molecule has 3 heterocycles. The first kappa shape index (κ1) is 26.6. The second kappa shape index (κ2) is 11.4. The maximum absolute atomic E-state index is 13.9. The van der Waals surface area contributed by atoms with Gasteiger partial charge in [-0.15, -0.1) is 0 Å². The standard InChI is InChI=1S/C28H27F2N7O3/c1-17-14-37-23(19-12-33-36(15-19)16-25(38)35-22-6-4-5-21(29)26(22)30)13-32-28(37)27(34-17)31-10-9-18-11-20(39-2)7-8-24(18)40-3/h4-8,11-15H,9-10,16H2,1-3H3,(H,31,34)(H,35,38). The normalized spacial score (nSPS) is 11.0. The number of rotatable bonds is 10. The topological polar surface area (TPSA) is 108 Å². The van der Waals surface area contributed by atoms with Gasteiger partial charge >= 0.3 is 0 Å². The van der Waals surface area contributed by atoms with Gasteiger partial charge in [-0.1, -0.05) is 6.07 Å². The van der Waals surface area contributed by atoms with Crippen LogP contribution in [-0.2, 0) is 17.8 Å². The molecule has 0 bridgehead atoms. The van der Waals surface area contributed by atoms with Crippen LogP contribution in [0.15, 0.2) is 61.2 Å². The SMILES string of the molecule is COc1ccc(OC)c(CCNc2nc(C)cn3c(-c4cnn(CC(=O)Nc5cccc(F)c5F)c4)cnc23)c1. The minimum absolute atomic E-state index is 0.187. The van der Waals surface area contributed by atoms with Gasteiger partial charge < -0.3 is 20.1 Å². The molecule has 0 saturated carbocycles. The van der Waals surface area contributed by atoms with Gasteiger partial charge in [0.25, 0.3) is 0 Å². The number of aryl methyl sites for hydroxylation is 1. The van der Waals surface area contributed by atoms with Crippen molar-refractivity contribution in [3.05, 3.63) is 84.1 Å². The zero-order valence-corrected chi connectivity index (χ0v) is 22.1. The Balaban J connectivity index is 1.31. The van der Waals surface area contributed by atoms with Gasteiger partial charge in [0, 0.05) is 24.5 Å². The van der Waals surface area contributed by atoms with Crippen molar-refractivity contribution < 1.29 is 23.0 Å². The van der Waals surface area contributed by atoms with Gasteiger partial charge in [0.05, 0.1) is 43.7 Å². The summed E-state index contributed by atoms with van der Waals surface area (Å²) in [5, 5.41) is 9.99. The van der Waals surface area contributed by atoms with E-state index in [1.165, 1.54) is 16.8 Å². The molecule has 2 aromatic carbocycles. The summed E-state index contributed by atoms with van der Waals surface area (Å²) in [5.41, 5.74) is 3.64. The molecule has 0 aliphatic rings. The Labute approximate surface area is 228 Å². The second-order valence-corrected chi connectivity index (χ2v) is 9.00. The molecule has 0 unspecified atom stereocenters. The molecule has 10 nitrogen and oxygen atoms in total. The molecule has 1 amide bonds. The molecule has 40 heavy (non-hydrogen) atoms. The van der Waals surface area contributed by atoms with Gasteiger partial charge in [-0.2, -0.15) is 5.10 Å². The summed E-state index contributed by atoms with van der Waals surface area (Å²) in [7, 11) is 3.26. The smallest absolute Gasteiger partial charge is 0.246 e. The molecule has 206 valence electrons. The molecule has 0 aliphatic heterocycles. The van der Waals surface area contributed by atoms with Crippen LogP contribution >= 0.6 is 0 Å². The van der Waals surface area contributed by atoms with Crippen molar-refractivity contribution in [2.24, 2.45) is 0 Å². The fourth-order valence-corrected chi connectivity index (χ4v) is 4.35. The molecule has 0 atom stereocenters. The van der Waals surface area contributed by atoms with Crippen molar-refractivity contribution >= 4 is 23.1 Å². The lowest BCUT2D eigenvalue weighted by Gasteiger charge is -2.12. The summed E-state index contributed by atoms with van der Waals surface area (Å²) in [5.74, 6) is -0.540. The van der Waals surface area contributed by atoms with E-state index in [0.29, 0.717) is 24.4 Å². The summed E-state index contributed by atoms with van der Waals surface area (Å²) < 4.78 is 41.5. The Morgan fingerprint density at radius 1 is 1.07 bits per heavy atom. The van der Waals surface area contributed by atoms with Crippen LogP contribution in [0.1, 0.15) is 11.3 Å². The molecule has 2 N–H and O–H groups in total. The van der Waals surface area contributed by atoms with Gasteiger partial charge in [0.15, 0.2) is 23.1 Å². The Morgan fingerprint density at radius 3 is 2.73 bits per heavy atom. The fraction of sp³-hybridized carbons (Fsp3) is 0.214. The molecule has 0 aliphatic carbocycles. The van der Waals surface area contributed by atoms with Crippen LogP contribution in [-0.4, -0.2) is 50.8 Å². The summed E-state index contributed by atoms with van der Waals surface area (Å²) >= 11 is 0. The van der Waals surface area contributed by atoms with E-state index >= 15 is 0 Å². The molecule has 5 aromatic rings. The van der Waals surface area contributed by atoms with Crippen molar-refractivity contribution in [2.45, 2.75) is 19.9 Å². The molecule has 0 fully saturated rings. The zero-order valence-electron chi connectivity index (χ0n) is 22.1. The van der Waals surface area contributed by atoms with Gasteiger partial charge in [-0.05, 0) is 49.2 Å². The molecular weight excluding hydrogens is 520 g/mol. The highest BCUT2D eigenvalue weighted by molar-refractivity contribution is 5.90. The number of methoxy groups -OCH3 is 2. The molecule has 3 aromatic heterocycles. The van der Waals surface area contributed by atoms with E-state index in [0.717, 1.165) is 40.1 Å². The second-order valence-electron chi connectivity index (χ2n) is 9.00. The maximum Gasteiger partial charge on any atom is 0.246 e. The Kier molecular flexibility index (Phi) is 7.58. The van der Waals surface area contributed by atoms with Crippen LogP contribution in [0.3, 0.4) is 0 Å². The minimum Gasteiger partial charge on any atom is -0.497 e. The number of nitrogens with zero attached hydrogens (tertiary/aromatic N) is 5. The van der Waals surface area contributed by atoms with Crippen LogP contribution in [0.4, 0.5) is 20.3 Å². The Hall–Kier alpha value is -5.00. The van der Waals surface area contributed by atoms with E-state index in [1.807, 2.05) is 35.7 Å². The summed E-state index contributed by atoms with van der Waals surface area (Å²) in [6.45, 7) is 2.28. The van der Waals surface area contributed by atoms with E-state index in [4.69, 9.17) is 9.47 Å². The number of anilines is 2. The van der Waals surface area contributed by atoms with E-state index in [1.54, 1.807) is 32.8 Å². The van der Waals surface area contributed by atoms with E-state index in [2.05, 4.69) is 25.7 Å². The average molecular weight is 548 g/mol. The van der Waals surface area contributed by atoms with Crippen LogP contribution in [0.2, 0.25) is 0 Å². The number of hydrogen-bond acceptors (Lipinski definition) is 7. The van der Waals surface area contributed by atoms with Crippen LogP contribution in [0.5, 0.6) is 11.5 Å². The third-order valence-electron chi connectivity index (χ3n) is 6.25. The minimum atomic E-state index is -1.11. The van der Waals surface area contributed by atoms with Crippen LogP contribution < -0.4 is 20.1 Å². The number of halogens is 2. The molecule has 5 rings (SSSR count). The quantitative estimate of drug-likeness (QED) is 0.265. The van der Waals surface area contributed by atoms with Gasteiger partial charge in [0.1, 0.15) is 18.0 Å². The lowest BCUT2D eigenvalue weighted by molar-refractivity contribution is -0.116. The highest BCUT2D eigenvalue weighted by atomic mass is 19.2. The third kappa shape index (κ3) is 5.55. The zero-order chi connectivity index (χ0) is 28.2. The summed E-state index contributed by atoms with van der Waals surface area (Å²) in [6.07, 6.45) is 7.53. The van der Waals surface area contributed by atoms with E-state index in [-0.39, 0.29) is 12.2 Å². The first-order valence-corrected chi connectivity index (χ1v) is 12.4. The van der Waals surface area contributed by atoms with Crippen molar-refractivity contribution in [2.75, 3.05) is 31.4 Å². The Bertz CT molecular complexity index is 1680. The average Bonchev–Trinajstić information content (AvgIpc) is 3.58. The highest BCUT2D eigenvalue weighted by Crippen LogP contribution is 2.26. The summed E-state index contributed by atoms with van der Waals surface area (Å²) in [6, 6.07) is 9.27. The number of hydrogen-bond donors (Lipinski definition) is 2. The predicted octanol–water partition coefficient (Wildman–Crippen LogP) is 4.49. The highest BCUT2D eigenvalue weighted by Gasteiger charge is 2.16. The molecule has 0 spiro atoms. The number of benzene rings is 2. The first-order chi connectivity index (χ1) is 19.4. The third-order valence-corrected chi connectivity index (χ3v) is 6.25. The number of nitrogens with one attached hydrogen (secondary N) is 2. The van der Waals surface area contributed by atoms with Gasteiger partial charge in [-0.3, -0.25) is 13.9 Å². The van der Waals surface area contributed by atoms with Gasteiger partial charge in [0.2, 0.25) is 5.91 Å². The molecule has 12 heteroatoms. The lowest BCUT2D eigenvalue weighted by atomic mass is 10.1. The maximum atomic E-state index is 13.9. The van der Waals surface area contributed by atoms with Gasteiger partial charge in [-0.25, -0.2) is 18.7 Å². The number of aromatic nitrogens is 5. The fourth-order valence-electron chi connectivity index (χ4n) is 4.35. The lowest BCUT2D eigenvalue weighted by Crippen LogP contribution is -2.19. The number of carbonyl (C=O) groups excluding carboxylic acids is 1. The number of fused-ring (bicyclic) bond motifs is 1. The number of carbonyl (C=O) groups is 1. The Morgan fingerprint density at radius 2 is 1.93 bits per heavy atom. The molecule has 0 radical (unpaired) electrons. The monoisotopic (exact) mass is 547 g/mol. The first-order valence-electron chi connectivity index (χ1n) is 12.4. The van der Waals surface area contributed by atoms with Crippen molar-refractivity contribution in [3.8, 4) is 22.8 Å². The van der Waals surface area contributed by atoms with E-state index < -0.39 is 17.5 Å². The largest absolute Gasteiger partial charge is 0.497 e. The van der Waals surface area contributed by atoms with Crippen LogP contribution in [0.25, 0.3) is 16.9 Å². The van der Waals surface area contributed by atoms with Crippen molar-refractivity contribution in [1.29, 1.82) is 0 Å². The molecule has 0 saturated heterocycles. The number of imidazole rings is 1. The van der Waals surface area contributed by atoms with Crippen LogP contribution in [0, 0.1) is 18.6 Å². The van der Waals surface area contributed by atoms with Crippen molar-refractivity contribution in [3.63, 3.8) is 0 Å². The molecular formula is C28H27F2N7O3. The summed E-state index contributed by atoms with van der Waals surface area (Å²) in [4.78, 5) is 21.6.